The topological polar surface area (TPSA) is 70.2 Å². The Morgan fingerprint density at radius 1 is 1.58 bits per heavy atom. The van der Waals surface area contributed by atoms with Crippen molar-refractivity contribution in [1.29, 1.82) is 0 Å². The van der Waals surface area contributed by atoms with Crippen LogP contribution in [0.5, 0.6) is 0 Å². The lowest BCUT2D eigenvalue weighted by atomic mass is 10.3. The third-order valence-corrected chi connectivity index (χ3v) is 2.24. The van der Waals surface area contributed by atoms with Crippen LogP contribution < -0.4 is 0 Å². The van der Waals surface area contributed by atoms with Crippen LogP contribution in [-0.4, -0.2) is 27.1 Å². The van der Waals surface area contributed by atoms with Crippen molar-refractivity contribution in [3.63, 3.8) is 0 Å². The van der Waals surface area contributed by atoms with E-state index in [1.54, 1.807) is 18.5 Å². The molecule has 0 unspecified atom stereocenters. The smallest absolute Gasteiger partial charge is 0.376 e. The van der Waals surface area contributed by atoms with Gasteiger partial charge in [0, 0.05) is 13.2 Å². The lowest BCUT2D eigenvalue weighted by molar-refractivity contribution is 0.0476. The summed E-state index contributed by atoms with van der Waals surface area (Å²) in [5.41, 5.74) is -0.473. The van der Waals surface area contributed by atoms with Gasteiger partial charge in [0.2, 0.25) is 11.7 Å². The number of aryl methyl sites for hydroxylation is 1. The second-order valence-corrected chi connectivity index (χ2v) is 3.68. The standard InChI is InChI=1S/C11H11F2N3O3/c1-3-18-11(17)8-7(9(12)13)15-10(19-8)6-4-16(2)5-14-6/h4-5,9H,3H2,1-2H3. The van der Waals surface area contributed by atoms with Gasteiger partial charge in [-0.3, -0.25) is 0 Å². The number of rotatable bonds is 4. The van der Waals surface area contributed by atoms with Gasteiger partial charge in [-0.05, 0) is 6.92 Å². The van der Waals surface area contributed by atoms with E-state index >= 15 is 0 Å². The largest absolute Gasteiger partial charge is 0.460 e. The molecule has 19 heavy (non-hydrogen) atoms. The Labute approximate surface area is 107 Å². The molecule has 0 radical (unpaired) electrons. The van der Waals surface area contributed by atoms with Gasteiger partial charge in [-0.2, -0.15) is 0 Å². The Bertz CT molecular complexity index is 592. The summed E-state index contributed by atoms with van der Waals surface area (Å²) in [5, 5.41) is 0. The van der Waals surface area contributed by atoms with Crippen LogP contribution in [0, 0.1) is 0 Å². The molecule has 6 nitrogen and oxygen atoms in total. The van der Waals surface area contributed by atoms with Gasteiger partial charge in [-0.15, -0.1) is 0 Å². The number of carbonyl (C=O) groups excluding carboxylic acids is 1. The minimum atomic E-state index is -2.93. The lowest BCUT2D eigenvalue weighted by Crippen LogP contribution is -2.06. The SMILES string of the molecule is CCOC(=O)c1oc(-c2cn(C)cn2)nc1C(F)F. The zero-order chi connectivity index (χ0) is 14.0. The number of imidazole rings is 1. The zero-order valence-electron chi connectivity index (χ0n) is 10.3. The summed E-state index contributed by atoms with van der Waals surface area (Å²) < 4.78 is 36.9. The molecule has 0 saturated heterocycles. The van der Waals surface area contributed by atoms with Crippen LogP contribution in [0.2, 0.25) is 0 Å². The first-order valence-corrected chi connectivity index (χ1v) is 5.47. The molecule has 0 aromatic carbocycles. The van der Waals surface area contributed by atoms with Gasteiger partial charge in [-0.1, -0.05) is 0 Å². The van der Waals surface area contributed by atoms with E-state index in [1.807, 2.05) is 0 Å². The predicted molar refractivity (Wildman–Crippen MR) is 59.6 cm³/mol. The van der Waals surface area contributed by atoms with E-state index in [-0.39, 0.29) is 18.2 Å². The molecule has 0 atom stereocenters. The number of nitrogens with zero attached hydrogens (tertiary/aromatic N) is 3. The molecule has 0 bridgehead atoms. The van der Waals surface area contributed by atoms with Gasteiger partial charge < -0.3 is 13.7 Å². The fraction of sp³-hybridized carbons (Fsp3) is 0.364. The van der Waals surface area contributed by atoms with E-state index in [0.29, 0.717) is 0 Å². The molecule has 8 heteroatoms. The minimum absolute atomic E-state index is 0.0567. The molecule has 0 aliphatic rings. The summed E-state index contributed by atoms with van der Waals surface area (Å²) in [6, 6.07) is 0. The summed E-state index contributed by atoms with van der Waals surface area (Å²) in [5.74, 6) is -1.69. The van der Waals surface area contributed by atoms with Crippen molar-refractivity contribution in [3.8, 4) is 11.6 Å². The molecule has 102 valence electrons. The maximum Gasteiger partial charge on any atom is 0.376 e. The molecule has 0 fully saturated rings. The number of oxazole rings is 1. The third-order valence-electron chi connectivity index (χ3n) is 2.24. The normalized spacial score (nSPS) is 11.0. The van der Waals surface area contributed by atoms with Crippen molar-refractivity contribution in [2.45, 2.75) is 13.3 Å². The highest BCUT2D eigenvalue weighted by Crippen LogP contribution is 2.28. The van der Waals surface area contributed by atoms with Crippen LogP contribution in [0.25, 0.3) is 11.6 Å². The maximum absolute atomic E-state index is 12.8. The molecule has 2 rings (SSSR count). The van der Waals surface area contributed by atoms with Crippen molar-refractivity contribution in [1.82, 2.24) is 14.5 Å². The van der Waals surface area contributed by atoms with Crippen LogP contribution in [0.15, 0.2) is 16.9 Å². The van der Waals surface area contributed by atoms with Crippen LogP contribution in [-0.2, 0) is 11.8 Å². The van der Waals surface area contributed by atoms with Crippen molar-refractivity contribution in [2.24, 2.45) is 7.05 Å². The number of esters is 1. The number of carbonyl (C=O) groups is 1. The number of hydrogen-bond acceptors (Lipinski definition) is 5. The number of alkyl halides is 2. The average Bonchev–Trinajstić information content (AvgIpc) is 2.94. The molecule has 0 saturated carbocycles. The van der Waals surface area contributed by atoms with Gasteiger partial charge in [0.25, 0.3) is 6.43 Å². The van der Waals surface area contributed by atoms with Crippen LogP contribution in [0.3, 0.4) is 0 Å². The highest BCUT2D eigenvalue weighted by Gasteiger charge is 2.28. The molecule has 0 spiro atoms. The molecular weight excluding hydrogens is 260 g/mol. The van der Waals surface area contributed by atoms with Gasteiger partial charge in [0.05, 0.1) is 12.9 Å². The third kappa shape index (κ3) is 2.61. The number of ether oxygens (including phenoxy) is 1. The van der Waals surface area contributed by atoms with E-state index in [1.165, 1.54) is 12.5 Å². The van der Waals surface area contributed by atoms with Crippen molar-refractivity contribution < 1.29 is 22.7 Å². The lowest BCUT2D eigenvalue weighted by Gasteiger charge is -1.99. The highest BCUT2D eigenvalue weighted by molar-refractivity contribution is 5.88. The van der Waals surface area contributed by atoms with Crippen molar-refractivity contribution in [2.75, 3.05) is 6.61 Å². The van der Waals surface area contributed by atoms with Crippen LogP contribution >= 0.6 is 0 Å². The second kappa shape index (κ2) is 5.17. The van der Waals surface area contributed by atoms with E-state index in [9.17, 15) is 13.6 Å². The summed E-state index contributed by atoms with van der Waals surface area (Å²) in [7, 11) is 1.71. The molecule has 0 amide bonds. The first kappa shape index (κ1) is 13.2. The van der Waals surface area contributed by atoms with E-state index < -0.39 is 23.8 Å². The Hall–Kier alpha value is -2.25. The molecule has 0 aliphatic heterocycles. The molecule has 2 heterocycles. The molecule has 2 aromatic rings. The first-order chi connectivity index (χ1) is 9.02. The monoisotopic (exact) mass is 271 g/mol. The quantitative estimate of drug-likeness (QED) is 0.797. The van der Waals surface area contributed by atoms with E-state index in [2.05, 4.69) is 14.7 Å². The summed E-state index contributed by atoms with van der Waals surface area (Å²) in [4.78, 5) is 19.0. The average molecular weight is 271 g/mol. The summed E-state index contributed by atoms with van der Waals surface area (Å²) >= 11 is 0. The van der Waals surface area contributed by atoms with Crippen molar-refractivity contribution >= 4 is 5.97 Å². The minimum Gasteiger partial charge on any atom is -0.460 e. The molecule has 0 N–H and O–H groups in total. The summed E-state index contributed by atoms with van der Waals surface area (Å²) in [6.45, 7) is 1.62. The first-order valence-electron chi connectivity index (χ1n) is 5.47. The van der Waals surface area contributed by atoms with Crippen LogP contribution in [0.4, 0.5) is 8.78 Å². The Kier molecular flexibility index (Phi) is 3.59. The number of halogens is 2. The van der Waals surface area contributed by atoms with Gasteiger partial charge in [0.1, 0.15) is 5.69 Å². The zero-order valence-corrected chi connectivity index (χ0v) is 10.3. The summed E-state index contributed by atoms with van der Waals surface area (Å²) in [6.07, 6.45) is 0.0716. The number of aromatic nitrogens is 3. The van der Waals surface area contributed by atoms with E-state index in [4.69, 9.17) is 4.42 Å². The van der Waals surface area contributed by atoms with Gasteiger partial charge in [-0.25, -0.2) is 23.5 Å². The van der Waals surface area contributed by atoms with Gasteiger partial charge in [0.15, 0.2) is 5.69 Å². The van der Waals surface area contributed by atoms with E-state index in [0.717, 1.165) is 0 Å². The maximum atomic E-state index is 12.8. The Morgan fingerprint density at radius 2 is 2.32 bits per heavy atom. The van der Waals surface area contributed by atoms with Crippen LogP contribution in [0.1, 0.15) is 29.6 Å². The Morgan fingerprint density at radius 3 is 2.84 bits per heavy atom. The Balaban J connectivity index is 2.43. The molecule has 0 aliphatic carbocycles. The fourth-order valence-corrected chi connectivity index (χ4v) is 1.46. The van der Waals surface area contributed by atoms with Gasteiger partial charge >= 0.3 is 5.97 Å². The van der Waals surface area contributed by atoms with Crippen molar-refractivity contribution in [3.05, 3.63) is 24.0 Å². The second-order valence-electron chi connectivity index (χ2n) is 3.68. The highest BCUT2D eigenvalue weighted by atomic mass is 19.3. The predicted octanol–water partition coefficient (Wildman–Crippen LogP) is 2.19. The molecule has 2 aromatic heterocycles. The number of hydrogen-bond donors (Lipinski definition) is 0. The molecular formula is C11H11F2N3O3. The fourth-order valence-electron chi connectivity index (χ4n) is 1.46.